The van der Waals surface area contributed by atoms with Crippen molar-refractivity contribution in [2.75, 3.05) is 13.1 Å². The van der Waals surface area contributed by atoms with E-state index in [2.05, 4.69) is 18.7 Å². The normalized spacial score (nSPS) is 39.9. The summed E-state index contributed by atoms with van der Waals surface area (Å²) in [5.74, 6) is 0. The van der Waals surface area contributed by atoms with E-state index in [9.17, 15) is 0 Å². The number of morpholine rings is 2. The number of fused-ring (bicyclic) bond motifs is 2. The molecule has 0 spiro atoms. The minimum absolute atomic E-state index is 0.0705. The molecule has 3 nitrogen and oxygen atoms in total. The second kappa shape index (κ2) is 2.19. The highest BCUT2D eigenvalue weighted by Gasteiger charge is 2.39. The van der Waals surface area contributed by atoms with Crippen molar-refractivity contribution in [1.82, 2.24) is 4.90 Å². The van der Waals surface area contributed by atoms with Crippen molar-refractivity contribution in [3.63, 3.8) is 0 Å². The lowest BCUT2D eigenvalue weighted by atomic mass is 10.2. The van der Waals surface area contributed by atoms with E-state index in [4.69, 9.17) is 9.47 Å². The van der Waals surface area contributed by atoms with Crippen LogP contribution in [-0.2, 0) is 9.47 Å². The lowest BCUT2D eigenvalue weighted by Gasteiger charge is -2.47. The van der Waals surface area contributed by atoms with Crippen LogP contribution in [0.1, 0.15) is 13.8 Å². The Bertz CT molecular complexity index is 122. The van der Waals surface area contributed by atoms with Crippen LogP contribution in [0.2, 0.25) is 0 Å². The fourth-order valence-electron chi connectivity index (χ4n) is 1.40. The van der Waals surface area contributed by atoms with Crippen molar-refractivity contribution in [2.24, 2.45) is 0 Å². The largest absolute Gasteiger partial charge is 0.321 e. The molecule has 3 rings (SSSR count). The van der Waals surface area contributed by atoms with Crippen LogP contribution in [0.15, 0.2) is 0 Å². The van der Waals surface area contributed by atoms with Gasteiger partial charge in [-0.25, -0.2) is 0 Å². The van der Waals surface area contributed by atoms with Gasteiger partial charge >= 0.3 is 0 Å². The number of rotatable bonds is 1. The van der Waals surface area contributed by atoms with Crippen LogP contribution < -0.4 is 0 Å². The molecule has 0 atom stereocenters. The van der Waals surface area contributed by atoms with Crippen LogP contribution in [0, 0.1) is 0 Å². The van der Waals surface area contributed by atoms with E-state index >= 15 is 0 Å². The van der Waals surface area contributed by atoms with Gasteiger partial charge in [-0.1, -0.05) is 0 Å². The Kier molecular flexibility index (Phi) is 1.44. The number of hydrogen-bond donors (Lipinski definition) is 0. The molecule has 3 heterocycles. The minimum atomic E-state index is 0.0705. The molecule has 3 aliphatic rings. The molecular weight excluding hydrogens is 130 g/mol. The van der Waals surface area contributed by atoms with Gasteiger partial charge in [0.1, 0.15) is 0 Å². The van der Waals surface area contributed by atoms with Crippen LogP contribution >= 0.6 is 0 Å². The van der Waals surface area contributed by atoms with Crippen molar-refractivity contribution >= 4 is 0 Å². The quantitative estimate of drug-likeness (QED) is 0.530. The molecule has 0 aromatic rings. The molecule has 0 amide bonds. The maximum absolute atomic E-state index is 5.29. The van der Waals surface area contributed by atoms with Gasteiger partial charge in [-0.05, 0) is 13.8 Å². The molecule has 10 heavy (non-hydrogen) atoms. The van der Waals surface area contributed by atoms with Gasteiger partial charge in [0.05, 0.1) is 13.1 Å². The third kappa shape index (κ3) is 0.944. The van der Waals surface area contributed by atoms with E-state index in [-0.39, 0.29) is 12.6 Å². The molecule has 3 saturated heterocycles. The van der Waals surface area contributed by atoms with Crippen molar-refractivity contribution in [3.05, 3.63) is 0 Å². The maximum Gasteiger partial charge on any atom is 0.176 e. The van der Waals surface area contributed by atoms with Crippen LogP contribution in [0.3, 0.4) is 0 Å². The van der Waals surface area contributed by atoms with Crippen LogP contribution in [0.4, 0.5) is 0 Å². The van der Waals surface area contributed by atoms with E-state index in [1.807, 2.05) is 0 Å². The van der Waals surface area contributed by atoms with Gasteiger partial charge in [0.15, 0.2) is 12.6 Å². The van der Waals surface area contributed by atoms with E-state index in [0.29, 0.717) is 6.04 Å². The smallest absolute Gasteiger partial charge is 0.176 e. The number of ether oxygens (including phenoxy) is 2. The monoisotopic (exact) mass is 143 g/mol. The van der Waals surface area contributed by atoms with Gasteiger partial charge in [0.25, 0.3) is 0 Å². The fraction of sp³-hybridized carbons (Fsp3) is 1.00. The lowest BCUT2D eigenvalue weighted by Crippen LogP contribution is -2.60. The zero-order chi connectivity index (χ0) is 7.14. The van der Waals surface area contributed by atoms with Gasteiger partial charge in [-0.15, -0.1) is 0 Å². The summed E-state index contributed by atoms with van der Waals surface area (Å²) in [5.41, 5.74) is 0. The molecule has 3 fully saturated rings. The summed E-state index contributed by atoms with van der Waals surface area (Å²) in [6.45, 7) is 6.28. The zero-order valence-corrected chi connectivity index (χ0v) is 6.41. The fourth-order valence-corrected chi connectivity index (χ4v) is 1.40. The average molecular weight is 143 g/mol. The molecular formula is C7H13NO2. The minimum Gasteiger partial charge on any atom is -0.321 e. The SMILES string of the molecule is CC(C)N1CC2OC(C1)O2. The molecule has 2 bridgehead atoms. The highest BCUT2D eigenvalue weighted by Crippen LogP contribution is 2.25. The first-order chi connectivity index (χ1) is 4.75. The maximum atomic E-state index is 5.29. The van der Waals surface area contributed by atoms with Crippen LogP contribution in [0.5, 0.6) is 0 Å². The molecule has 0 unspecified atom stereocenters. The topological polar surface area (TPSA) is 21.7 Å². The van der Waals surface area contributed by atoms with Gasteiger partial charge in [-0.2, -0.15) is 0 Å². The summed E-state index contributed by atoms with van der Waals surface area (Å²) in [6, 6.07) is 0.623. The molecule has 58 valence electrons. The first-order valence-electron chi connectivity index (χ1n) is 3.80. The van der Waals surface area contributed by atoms with Gasteiger partial charge < -0.3 is 9.47 Å². The average Bonchev–Trinajstić information content (AvgIpc) is 1.86. The Labute approximate surface area is 60.9 Å². The summed E-state index contributed by atoms with van der Waals surface area (Å²) in [6.07, 6.45) is 0.141. The summed E-state index contributed by atoms with van der Waals surface area (Å²) in [4.78, 5) is 2.38. The standard InChI is InChI=1S/C7H13NO2/c1-5(2)8-3-6-9-7(4-8)10-6/h5-7H,3-4H2,1-2H3. The summed E-state index contributed by atoms with van der Waals surface area (Å²) < 4.78 is 10.6. The summed E-state index contributed by atoms with van der Waals surface area (Å²) in [7, 11) is 0. The second-order valence-electron chi connectivity index (χ2n) is 3.18. The van der Waals surface area contributed by atoms with Crippen molar-refractivity contribution in [3.8, 4) is 0 Å². The molecule has 3 aliphatic heterocycles. The first kappa shape index (κ1) is 6.58. The Morgan fingerprint density at radius 2 is 1.70 bits per heavy atom. The Hall–Kier alpha value is -0.120. The molecule has 0 aromatic carbocycles. The zero-order valence-electron chi connectivity index (χ0n) is 6.41. The van der Waals surface area contributed by atoms with Crippen LogP contribution in [-0.4, -0.2) is 36.6 Å². The summed E-state index contributed by atoms with van der Waals surface area (Å²) in [5, 5.41) is 0. The van der Waals surface area contributed by atoms with Gasteiger partial charge in [-0.3, -0.25) is 4.90 Å². The van der Waals surface area contributed by atoms with E-state index < -0.39 is 0 Å². The predicted molar refractivity (Wildman–Crippen MR) is 36.5 cm³/mol. The van der Waals surface area contributed by atoms with Crippen molar-refractivity contribution in [1.29, 1.82) is 0 Å². The third-order valence-corrected chi connectivity index (χ3v) is 2.10. The Morgan fingerprint density at radius 3 is 2.00 bits per heavy atom. The van der Waals surface area contributed by atoms with Gasteiger partial charge in [0, 0.05) is 6.04 Å². The molecule has 0 saturated carbocycles. The molecule has 0 radical (unpaired) electrons. The van der Waals surface area contributed by atoms with E-state index in [0.717, 1.165) is 13.1 Å². The molecule has 3 heteroatoms. The van der Waals surface area contributed by atoms with Gasteiger partial charge in [0.2, 0.25) is 0 Å². The first-order valence-corrected chi connectivity index (χ1v) is 3.80. The second-order valence-corrected chi connectivity index (χ2v) is 3.18. The molecule has 0 aromatic heterocycles. The Morgan fingerprint density at radius 1 is 1.20 bits per heavy atom. The van der Waals surface area contributed by atoms with Crippen LogP contribution in [0.25, 0.3) is 0 Å². The molecule has 0 N–H and O–H groups in total. The number of nitrogens with zero attached hydrogens (tertiary/aromatic N) is 1. The van der Waals surface area contributed by atoms with Crippen molar-refractivity contribution in [2.45, 2.75) is 32.5 Å². The lowest BCUT2D eigenvalue weighted by molar-refractivity contribution is -0.414. The van der Waals surface area contributed by atoms with Crippen molar-refractivity contribution < 1.29 is 9.47 Å². The number of hydrogen-bond acceptors (Lipinski definition) is 3. The highest BCUT2D eigenvalue weighted by atomic mass is 16.9. The molecule has 0 aliphatic carbocycles. The Balaban J connectivity index is 1.91. The predicted octanol–water partition coefficient (Wildman–Crippen LogP) is 0.409. The summed E-state index contributed by atoms with van der Waals surface area (Å²) >= 11 is 0. The van der Waals surface area contributed by atoms with E-state index in [1.165, 1.54) is 0 Å². The van der Waals surface area contributed by atoms with E-state index in [1.54, 1.807) is 0 Å². The highest BCUT2D eigenvalue weighted by molar-refractivity contribution is 4.78. The third-order valence-electron chi connectivity index (χ3n) is 2.10.